The minimum absolute atomic E-state index is 0.0646. The molecule has 0 aliphatic heterocycles. The lowest BCUT2D eigenvalue weighted by Crippen LogP contribution is -2.30. The van der Waals surface area contributed by atoms with Gasteiger partial charge in [0.2, 0.25) is 0 Å². The third-order valence-electron chi connectivity index (χ3n) is 4.36. The van der Waals surface area contributed by atoms with Gasteiger partial charge < -0.3 is 20.3 Å². The SMILES string of the molecule is O=C(NCCC(O)C(O)c1[nH]nc2cc([N+](=O)[O-])ccc12)OCc1ccccc1. The normalized spacial score (nSPS) is 13.0. The van der Waals surface area contributed by atoms with Crippen LogP contribution in [0.25, 0.3) is 10.9 Å². The van der Waals surface area contributed by atoms with E-state index >= 15 is 0 Å². The number of aromatic amines is 1. The summed E-state index contributed by atoms with van der Waals surface area (Å²) in [6.07, 6.45) is -3.06. The Hall–Kier alpha value is -3.50. The summed E-state index contributed by atoms with van der Waals surface area (Å²) >= 11 is 0. The highest BCUT2D eigenvalue weighted by atomic mass is 16.6. The number of aromatic nitrogens is 2. The molecule has 3 rings (SSSR count). The zero-order valence-electron chi connectivity index (χ0n) is 15.3. The second-order valence-corrected chi connectivity index (χ2v) is 6.39. The van der Waals surface area contributed by atoms with Gasteiger partial charge in [-0.2, -0.15) is 5.10 Å². The minimum atomic E-state index is -1.30. The van der Waals surface area contributed by atoms with Gasteiger partial charge in [0.25, 0.3) is 5.69 Å². The van der Waals surface area contributed by atoms with Crippen LogP contribution < -0.4 is 5.32 Å². The van der Waals surface area contributed by atoms with Crippen molar-refractivity contribution in [1.82, 2.24) is 15.5 Å². The fourth-order valence-corrected chi connectivity index (χ4v) is 2.81. The summed E-state index contributed by atoms with van der Waals surface area (Å²) in [6, 6.07) is 13.2. The van der Waals surface area contributed by atoms with E-state index in [4.69, 9.17) is 4.74 Å². The number of H-pyrrole nitrogens is 1. The molecule has 0 saturated carbocycles. The van der Waals surface area contributed by atoms with Crippen LogP contribution in [0.5, 0.6) is 0 Å². The van der Waals surface area contributed by atoms with Gasteiger partial charge in [-0.05, 0) is 18.1 Å². The van der Waals surface area contributed by atoms with Gasteiger partial charge in [0.1, 0.15) is 12.7 Å². The maximum Gasteiger partial charge on any atom is 0.407 e. The molecular formula is C19H20N4O6. The average molecular weight is 400 g/mol. The van der Waals surface area contributed by atoms with Crippen LogP contribution in [0.2, 0.25) is 0 Å². The number of nitro benzene ring substituents is 1. The standard InChI is InChI=1S/C19H20N4O6/c24-16(8-9-20-19(26)29-11-12-4-2-1-3-5-12)18(25)17-14-7-6-13(23(27)28)10-15(14)21-22-17/h1-7,10,16,18,24-25H,8-9,11H2,(H,20,26)(H,21,22). The van der Waals surface area contributed by atoms with E-state index in [1.54, 1.807) is 0 Å². The molecule has 10 heteroatoms. The first-order valence-electron chi connectivity index (χ1n) is 8.89. The van der Waals surface area contributed by atoms with Gasteiger partial charge >= 0.3 is 6.09 Å². The van der Waals surface area contributed by atoms with Crippen LogP contribution in [0, 0.1) is 10.1 Å². The molecule has 4 N–H and O–H groups in total. The number of ether oxygens (including phenoxy) is 1. The van der Waals surface area contributed by atoms with Gasteiger partial charge in [-0.25, -0.2) is 4.79 Å². The van der Waals surface area contributed by atoms with Gasteiger partial charge in [0, 0.05) is 24.1 Å². The number of hydrogen-bond donors (Lipinski definition) is 4. The third kappa shape index (κ3) is 5.06. The Morgan fingerprint density at radius 2 is 2.00 bits per heavy atom. The number of non-ortho nitro benzene ring substituents is 1. The van der Waals surface area contributed by atoms with E-state index < -0.39 is 23.2 Å². The zero-order valence-corrected chi connectivity index (χ0v) is 15.3. The first kappa shape index (κ1) is 20.2. The number of nitro groups is 1. The number of benzene rings is 2. The molecular weight excluding hydrogens is 380 g/mol. The molecule has 2 unspecified atom stereocenters. The first-order chi connectivity index (χ1) is 14.0. The molecule has 29 heavy (non-hydrogen) atoms. The number of carbonyl (C=O) groups is 1. The molecule has 2 atom stereocenters. The summed E-state index contributed by atoms with van der Waals surface area (Å²) in [5.41, 5.74) is 1.28. The topological polar surface area (TPSA) is 151 Å². The first-order valence-corrected chi connectivity index (χ1v) is 8.89. The summed E-state index contributed by atoms with van der Waals surface area (Å²) < 4.78 is 5.07. The molecule has 152 valence electrons. The van der Waals surface area contributed by atoms with E-state index in [-0.39, 0.29) is 31.0 Å². The van der Waals surface area contributed by atoms with Crippen molar-refractivity contribution in [3.63, 3.8) is 0 Å². The van der Waals surface area contributed by atoms with E-state index in [9.17, 15) is 25.1 Å². The Balaban J connectivity index is 1.50. The van der Waals surface area contributed by atoms with Crippen LogP contribution in [0.4, 0.5) is 10.5 Å². The van der Waals surface area contributed by atoms with Crippen molar-refractivity contribution < 1.29 is 24.7 Å². The van der Waals surface area contributed by atoms with Crippen molar-refractivity contribution in [3.8, 4) is 0 Å². The number of fused-ring (bicyclic) bond motifs is 1. The number of nitrogens with zero attached hydrogens (tertiary/aromatic N) is 2. The lowest BCUT2D eigenvalue weighted by atomic mass is 10.0. The molecule has 0 radical (unpaired) electrons. The van der Waals surface area contributed by atoms with Crippen LogP contribution in [0.1, 0.15) is 23.8 Å². The molecule has 0 spiro atoms. The van der Waals surface area contributed by atoms with Crippen LogP contribution in [0.15, 0.2) is 48.5 Å². The fraction of sp³-hybridized carbons (Fsp3) is 0.263. The monoisotopic (exact) mass is 400 g/mol. The summed E-state index contributed by atoms with van der Waals surface area (Å²) in [5.74, 6) is 0. The lowest BCUT2D eigenvalue weighted by molar-refractivity contribution is -0.384. The second kappa shape index (κ2) is 9.13. The highest BCUT2D eigenvalue weighted by molar-refractivity contribution is 5.83. The maximum absolute atomic E-state index is 11.7. The Morgan fingerprint density at radius 1 is 1.24 bits per heavy atom. The molecule has 10 nitrogen and oxygen atoms in total. The molecule has 0 fully saturated rings. The maximum atomic E-state index is 11.7. The Labute approximate surface area is 165 Å². The summed E-state index contributed by atoms with van der Waals surface area (Å²) in [6.45, 7) is 0.216. The minimum Gasteiger partial charge on any atom is -0.445 e. The number of hydrogen-bond acceptors (Lipinski definition) is 7. The number of carbonyl (C=O) groups excluding carboxylic acids is 1. The molecule has 0 aliphatic carbocycles. The van der Waals surface area contributed by atoms with E-state index in [1.165, 1.54) is 18.2 Å². The fourth-order valence-electron chi connectivity index (χ4n) is 2.81. The van der Waals surface area contributed by atoms with Crippen molar-refractivity contribution >= 4 is 22.7 Å². The second-order valence-electron chi connectivity index (χ2n) is 6.39. The third-order valence-corrected chi connectivity index (χ3v) is 4.36. The van der Waals surface area contributed by atoms with Crippen LogP contribution in [0.3, 0.4) is 0 Å². The van der Waals surface area contributed by atoms with Gasteiger partial charge in [-0.15, -0.1) is 0 Å². The van der Waals surface area contributed by atoms with E-state index in [1.807, 2.05) is 30.3 Å². The van der Waals surface area contributed by atoms with Crippen LogP contribution >= 0.6 is 0 Å². The number of aliphatic hydroxyl groups is 2. The van der Waals surface area contributed by atoms with Gasteiger partial charge in [-0.3, -0.25) is 15.2 Å². The zero-order chi connectivity index (χ0) is 20.8. The van der Waals surface area contributed by atoms with E-state index in [0.717, 1.165) is 5.56 Å². The quantitative estimate of drug-likeness (QED) is 0.334. The van der Waals surface area contributed by atoms with Crippen molar-refractivity contribution in [2.75, 3.05) is 6.54 Å². The Kier molecular flexibility index (Phi) is 6.37. The highest BCUT2D eigenvalue weighted by Crippen LogP contribution is 2.27. The largest absolute Gasteiger partial charge is 0.445 e. The summed E-state index contributed by atoms with van der Waals surface area (Å²) in [7, 11) is 0. The molecule has 0 aliphatic rings. The molecule has 0 bridgehead atoms. The molecule has 2 aromatic carbocycles. The van der Waals surface area contributed by atoms with Crippen LogP contribution in [-0.2, 0) is 11.3 Å². The van der Waals surface area contributed by atoms with Crippen molar-refractivity contribution in [2.45, 2.75) is 25.2 Å². The lowest BCUT2D eigenvalue weighted by Gasteiger charge is -2.17. The Bertz CT molecular complexity index is 991. The number of rotatable bonds is 8. The van der Waals surface area contributed by atoms with E-state index in [2.05, 4.69) is 15.5 Å². The number of alkyl carbamates (subject to hydrolysis) is 1. The predicted molar refractivity (Wildman–Crippen MR) is 103 cm³/mol. The smallest absolute Gasteiger partial charge is 0.407 e. The Morgan fingerprint density at radius 3 is 2.72 bits per heavy atom. The average Bonchev–Trinajstić information content (AvgIpc) is 3.15. The molecule has 1 aromatic heterocycles. The van der Waals surface area contributed by atoms with E-state index in [0.29, 0.717) is 10.9 Å². The van der Waals surface area contributed by atoms with Crippen LogP contribution in [-0.4, -0.2) is 44.1 Å². The number of nitrogens with one attached hydrogen (secondary N) is 2. The molecule has 1 heterocycles. The van der Waals surface area contributed by atoms with Gasteiger partial charge in [0.05, 0.1) is 22.2 Å². The van der Waals surface area contributed by atoms with Crippen molar-refractivity contribution in [1.29, 1.82) is 0 Å². The molecule has 0 saturated heterocycles. The highest BCUT2D eigenvalue weighted by Gasteiger charge is 2.23. The number of amides is 1. The molecule has 1 amide bonds. The number of aliphatic hydroxyl groups excluding tert-OH is 2. The predicted octanol–water partition coefficient (Wildman–Crippen LogP) is 2.18. The molecule has 3 aromatic rings. The van der Waals surface area contributed by atoms with Gasteiger partial charge in [0.15, 0.2) is 0 Å². The van der Waals surface area contributed by atoms with Gasteiger partial charge in [-0.1, -0.05) is 30.3 Å². The van der Waals surface area contributed by atoms with Crippen molar-refractivity contribution in [3.05, 3.63) is 69.9 Å². The summed E-state index contributed by atoms with van der Waals surface area (Å²) in [5, 5.41) is 40.9. The van der Waals surface area contributed by atoms with Crippen molar-refractivity contribution in [2.24, 2.45) is 0 Å². The summed E-state index contributed by atoms with van der Waals surface area (Å²) in [4.78, 5) is 22.0.